The zero-order valence-electron chi connectivity index (χ0n) is 13.1. The van der Waals surface area contributed by atoms with Gasteiger partial charge in [-0.1, -0.05) is 17.7 Å². The lowest BCUT2D eigenvalue weighted by atomic mass is 10.3. The highest BCUT2D eigenvalue weighted by Gasteiger charge is 2.06. The fraction of sp³-hybridized carbons (Fsp3) is 0.235. The van der Waals surface area contributed by atoms with Gasteiger partial charge in [0.25, 0.3) is 0 Å². The number of carbonyl (C=O) groups is 1. The molecule has 0 unspecified atom stereocenters. The van der Waals surface area contributed by atoms with Gasteiger partial charge >= 0.3 is 0 Å². The Hall–Kier alpha value is -2.31. The first-order valence-electron chi connectivity index (χ1n) is 7.29. The van der Waals surface area contributed by atoms with Crippen molar-refractivity contribution in [2.75, 3.05) is 37.5 Å². The van der Waals surface area contributed by atoms with E-state index in [9.17, 15) is 9.18 Å². The highest BCUT2D eigenvalue weighted by Crippen LogP contribution is 2.20. The molecule has 0 heterocycles. The number of hydrogen-bond donors (Lipinski definition) is 2. The minimum absolute atomic E-state index is 0.0401. The number of benzene rings is 2. The highest BCUT2D eigenvalue weighted by atomic mass is 35.5. The van der Waals surface area contributed by atoms with Gasteiger partial charge in [0.1, 0.15) is 18.2 Å². The second-order valence-electron chi connectivity index (χ2n) is 4.90. The van der Waals surface area contributed by atoms with Gasteiger partial charge < -0.3 is 20.1 Å². The van der Waals surface area contributed by atoms with Crippen molar-refractivity contribution in [1.82, 2.24) is 0 Å². The SMILES string of the molecule is COCCOc1cccc(NCC(=O)Nc2ccc(F)c(Cl)c2)c1. The van der Waals surface area contributed by atoms with Gasteiger partial charge in [0.15, 0.2) is 0 Å². The van der Waals surface area contributed by atoms with Gasteiger partial charge in [-0.15, -0.1) is 0 Å². The predicted molar refractivity (Wildman–Crippen MR) is 92.3 cm³/mol. The van der Waals surface area contributed by atoms with Crippen LogP contribution in [-0.2, 0) is 9.53 Å². The Labute approximate surface area is 144 Å². The Kier molecular flexibility index (Phi) is 6.84. The third kappa shape index (κ3) is 5.72. The van der Waals surface area contributed by atoms with Crippen molar-refractivity contribution >= 4 is 28.9 Å². The van der Waals surface area contributed by atoms with E-state index in [-0.39, 0.29) is 17.5 Å². The molecule has 2 aromatic rings. The van der Waals surface area contributed by atoms with Gasteiger partial charge in [0, 0.05) is 24.6 Å². The van der Waals surface area contributed by atoms with Crippen molar-refractivity contribution in [2.24, 2.45) is 0 Å². The molecule has 2 aromatic carbocycles. The van der Waals surface area contributed by atoms with Crippen molar-refractivity contribution < 1.29 is 18.7 Å². The molecule has 0 spiro atoms. The molecule has 2 N–H and O–H groups in total. The fourth-order valence-electron chi connectivity index (χ4n) is 1.90. The quantitative estimate of drug-likeness (QED) is 0.713. The molecule has 128 valence electrons. The number of nitrogens with one attached hydrogen (secondary N) is 2. The van der Waals surface area contributed by atoms with E-state index in [2.05, 4.69) is 10.6 Å². The van der Waals surface area contributed by atoms with Crippen LogP contribution < -0.4 is 15.4 Å². The maximum Gasteiger partial charge on any atom is 0.243 e. The smallest absolute Gasteiger partial charge is 0.243 e. The second kappa shape index (κ2) is 9.10. The number of amides is 1. The van der Waals surface area contributed by atoms with Crippen LogP contribution >= 0.6 is 11.6 Å². The summed E-state index contributed by atoms with van der Waals surface area (Å²) < 4.78 is 23.5. The van der Waals surface area contributed by atoms with E-state index in [0.29, 0.717) is 24.7 Å². The maximum absolute atomic E-state index is 13.1. The van der Waals surface area contributed by atoms with Crippen LogP contribution in [0.4, 0.5) is 15.8 Å². The Morgan fingerprint density at radius 3 is 2.75 bits per heavy atom. The third-order valence-corrected chi connectivity index (χ3v) is 3.34. The summed E-state index contributed by atoms with van der Waals surface area (Å²) >= 11 is 5.68. The normalized spacial score (nSPS) is 10.3. The van der Waals surface area contributed by atoms with Crippen LogP contribution in [0, 0.1) is 5.82 Å². The number of halogens is 2. The van der Waals surface area contributed by atoms with E-state index in [1.165, 1.54) is 18.2 Å². The number of anilines is 2. The average Bonchev–Trinajstić information content (AvgIpc) is 2.57. The molecule has 0 aromatic heterocycles. The molecular weight excluding hydrogens is 335 g/mol. The van der Waals surface area contributed by atoms with Crippen LogP contribution in [-0.4, -0.2) is 32.8 Å². The van der Waals surface area contributed by atoms with Crippen molar-refractivity contribution in [3.05, 3.63) is 53.3 Å². The molecular formula is C17H18ClFN2O3. The molecule has 24 heavy (non-hydrogen) atoms. The molecule has 0 aliphatic carbocycles. The minimum Gasteiger partial charge on any atom is -0.491 e. The summed E-state index contributed by atoms with van der Waals surface area (Å²) in [5.74, 6) is -0.121. The summed E-state index contributed by atoms with van der Waals surface area (Å²) in [7, 11) is 1.61. The summed E-state index contributed by atoms with van der Waals surface area (Å²) in [6.45, 7) is 1.00. The summed E-state index contributed by atoms with van der Waals surface area (Å²) in [5, 5.41) is 5.59. The first-order chi connectivity index (χ1) is 11.6. The van der Waals surface area contributed by atoms with Crippen molar-refractivity contribution in [1.29, 1.82) is 0 Å². The molecule has 0 fully saturated rings. The first-order valence-corrected chi connectivity index (χ1v) is 7.67. The zero-order valence-corrected chi connectivity index (χ0v) is 13.9. The lowest BCUT2D eigenvalue weighted by Crippen LogP contribution is -2.21. The number of carbonyl (C=O) groups excluding carboxylic acids is 1. The first kappa shape index (κ1) is 18.0. The Bertz CT molecular complexity index is 697. The predicted octanol–water partition coefficient (Wildman–Crippen LogP) is 3.55. The van der Waals surface area contributed by atoms with Crippen LogP contribution in [0.25, 0.3) is 0 Å². The standard InChI is InChI=1S/C17H18ClFN2O3/c1-23-7-8-24-14-4-2-3-12(9-14)20-11-17(22)21-13-5-6-16(19)15(18)10-13/h2-6,9-10,20H,7-8,11H2,1H3,(H,21,22). The van der Waals surface area contributed by atoms with Crippen LogP contribution in [0.3, 0.4) is 0 Å². The van der Waals surface area contributed by atoms with Gasteiger partial charge in [0.2, 0.25) is 5.91 Å². The Balaban J connectivity index is 1.84. The molecule has 0 aliphatic rings. The molecule has 0 saturated carbocycles. The zero-order chi connectivity index (χ0) is 17.4. The van der Waals surface area contributed by atoms with E-state index in [4.69, 9.17) is 21.1 Å². The molecule has 0 bridgehead atoms. The van der Waals surface area contributed by atoms with Gasteiger partial charge in [-0.25, -0.2) is 4.39 Å². The summed E-state index contributed by atoms with van der Waals surface area (Å²) in [6, 6.07) is 11.3. The minimum atomic E-state index is -0.530. The monoisotopic (exact) mass is 352 g/mol. The molecule has 7 heteroatoms. The fourth-order valence-corrected chi connectivity index (χ4v) is 2.08. The number of rotatable bonds is 8. The maximum atomic E-state index is 13.1. The lowest BCUT2D eigenvalue weighted by molar-refractivity contribution is -0.114. The lowest BCUT2D eigenvalue weighted by Gasteiger charge is -2.10. The van der Waals surface area contributed by atoms with Gasteiger partial charge in [-0.05, 0) is 30.3 Å². The van der Waals surface area contributed by atoms with Crippen LogP contribution in [0.5, 0.6) is 5.75 Å². The second-order valence-corrected chi connectivity index (χ2v) is 5.31. The van der Waals surface area contributed by atoms with Crippen LogP contribution in [0.1, 0.15) is 0 Å². The summed E-state index contributed by atoms with van der Waals surface area (Å²) in [5.41, 5.74) is 1.18. The number of ether oxygens (including phenoxy) is 2. The van der Waals surface area contributed by atoms with Crippen molar-refractivity contribution in [3.63, 3.8) is 0 Å². The molecule has 0 aliphatic heterocycles. The van der Waals surface area contributed by atoms with Crippen molar-refractivity contribution in [3.8, 4) is 5.75 Å². The largest absolute Gasteiger partial charge is 0.491 e. The van der Waals surface area contributed by atoms with E-state index >= 15 is 0 Å². The van der Waals surface area contributed by atoms with Gasteiger partial charge in [-0.2, -0.15) is 0 Å². The summed E-state index contributed by atoms with van der Waals surface area (Å²) in [4.78, 5) is 11.9. The molecule has 0 radical (unpaired) electrons. The van der Waals surface area contributed by atoms with Crippen LogP contribution in [0.15, 0.2) is 42.5 Å². The third-order valence-electron chi connectivity index (χ3n) is 3.05. The number of methoxy groups -OCH3 is 1. The molecule has 2 rings (SSSR count). The van der Waals surface area contributed by atoms with E-state index in [0.717, 1.165) is 5.69 Å². The molecule has 0 saturated heterocycles. The molecule has 0 atom stereocenters. The van der Waals surface area contributed by atoms with E-state index in [1.54, 1.807) is 13.2 Å². The van der Waals surface area contributed by atoms with E-state index < -0.39 is 5.82 Å². The van der Waals surface area contributed by atoms with Gasteiger partial charge in [-0.3, -0.25) is 4.79 Å². The van der Waals surface area contributed by atoms with E-state index in [1.807, 2.05) is 18.2 Å². The topological polar surface area (TPSA) is 59.6 Å². The average molecular weight is 353 g/mol. The molecule has 1 amide bonds. The number of hydrogen-bond acceptors (Lipinski definition) is 4. The van der Waals surface area contributed by atoms with Crippen molar-refractivity contribution in [2.45, 2.75) is 0 Å². The van der Waals surface area contributed by atoms with Gasteiger partial charge in [0.05, 0.1) is 18.2 Å². The van der Waals surface area contributed by atoms with Crippen LogP contribution in [0.2, 0.25) is 5.02 Å². The summed E-state index contributed by atoms with van der Waals surface area (Å²) in [6.07, 6.45) is 0. The Morgan fingerprint density at radius 2 is 2.00 bits per heavy atom. The highest BCUT2D eigenvalue weighted by molar-refractivity contribution is 6.31. The molecule has 5 nitrogen and oxygen atoms in total. The Morgan fingerprint density at radius 1 is 1.17 bits per heavy atom.